The SMILES string of the molecule is CCCN(C)c1ccc(C(=O)N2CCC(NC)CC2)cc1.Cl.Cl. The zero-order valence-electron chi connectivity index (χ0n) is 14.2. The second kappa shape index (κ2) is 10.7. The molecule has 1 heterocycles. The van der Waals surface area contributed by atoms with Crippen LogP contribution in [0.25, 0.3) is 0 Å². The summed E-state index contributed by atoms with van der Waals surface area (Å²) in [7, 11) is 4.08. The molecule has 0 spiro atoms. The summed E-state index contributed by atoms with van der Waals surface area (Å²) in [4.78, 5) is 16.7. The van der Waals surface area contributed by atoms with Crippen LogP contribution < -0.4 is 10.2 Å². The Morgan fingerprint density at radius 3 is 2.26 bits per heavy atom. The largest absolute Gasteiger partial charge is 0.375 e. The molecule has 0 saturated carbocycles. The summed E-state index contributed by atoms with van der Waals surface area (Å²) >= 11 is 0. The molecule has 0 aromatic heterocycles. The predicted octanol–water partition coefficient (Wildman–Crippen LogP) is 3.20. The molecule has 1 aliphatic rings. The van der Waals surface area contributed by atoms with E-state index in [1.54, 1.807) is 0 Å². The minimum Gasteiger partial charge on any atom is -0.375 e. The first kappa shape index (κ1) is 22.0. The van der Waals surface area contributed by atoms with Crippen LogP contribution in [0.15, 0.2) is 24.3 Å². The Labute approximate surface area is 152 Å². The number of nitrogens with zero attached hydrogens (tertiary/aromatic N) is 2. The first-order valence-corrected chi connectivity index (χ1v) is 7.93. The Hall–Kier alpha value is -0.970. The molecule has 0 unspecified atom stereocenters. The number of rotatable bonds is 5. The van der Waals surface area contributed by atoms with E-state index in [1.807, 2.05) is 36.2 Å². The second-order valence-electron chi connectivity index (χ2n) is 5.82. The molecule has 1 aromatic rings. The maximum Gasteiger partial charge on any atom is 0.253 e. The number of carbonyl (C=O) groups is 1. The van der Waals surface area contributed by atoms with Gasteiger partial charge in [0.05, 0.1) is 0 Å². The van der Waals surface area contributed by atoms with E-state index in [1.165, 1.54) is 5.69 Å². The number of hydrogen-bond acceptors (Lipinski definition) is 3. The van der Waals surface area contributed by atoms with Crippen LogP contribution in [0.2, 0.25) is 0 Å². The van der Waals surface area contributed by atoms with Gasteiger partial charge in [0.2, 0.25) is 0 Å². The van der Waals surface area contributed by atoms with Gasteiger partial charge in [-0.2, -0.15) is 0 Å². The molecule has 1 aromatic carbocycles. The molecule has 6 heteroatoms. The molecule has 0 aliphatic carbocycles. The highest BCUT2D eigenvalue weighted by Crippen LogP contribution is 2.17. The highest BCUT2D eigenvalue weighted by Gasteiger charge is 2.22. The van der Waals surface area contributed by atoms with Gasteiger partial charge in [0.25, 0.3) is 5.91 Å². The smallest absolute Gasteiger partial charge is 0.253 e. The molecule has 1 saturated heterocycles. The molecule has 4 nitrogen and oxygen atoms in total. The average molecular weight is 362 g/mol. The van der Waals surface area contributed by atoms with Crippen molar-refractivity contribution in [3.05, 3.63) is 29.8 Å². The molecular weight excluding hydrogens is 333 g/mol. The fraction of sp³-hybridized carbons (Fsp3) is 0.588. The number of piperidine rings is 1. The fourth-order valence-corrected chi connectivity index (χ4v) is 2.88. The van der Waals surface area contributed by atoms with Crippen LogP contribution >= 0.6 is 24.8 Å². The first-order valence-electron chi connectivity index (χ1n) is 7.93. The highest BCUT2D eigenvalue weighted by atomic mass is 35.5. The van der Waals surface area contributed by atoms with Crippen LogP contribution in [0.1, 0.15) is 36.5 Å². The maximum atomic E-state index is 12.5. The molecule has 1 aliphatic heterocycles. The third kappa shape index (κ3) is 5.87. The lowest BCUT2D eigenvalue weighted by atomic mass is 10.0. The molecule has 0 radical (unpaired) electrons. The topological polar surface area (TPSA) is 35.6 Å². The van der Waals surface area contributed by atoms with Gasteiger partial charge in [-0.1, -0.05) is 6.92 Å². The van der Waals surface area contributed by atoms with Crippen molar-refractivity contribution in [1.82, 2.24) is 10.2 Å². The van der Waals surface area contributed by atoms with E-state index >= 15 is 0 Å². The van der Waals surface area contributed by atoms with E-state index in [0.717, 1.165) is 44.5 Å². The van der Waals surface area contributed by atoms with E-state index in [0.29, 0.717) is 6.04 Å². The molecule has 2 rings (SSSR count). The van der Waals surface area contributed by atoms with E-state index < -0.39 is 0 Å². The highest BCUT2D eigenvalue weighted by molar-refractivity contribution is 5.94. The van der Waals surface area contributed by atoms with Crippen LogP contribution in [0, 0.1) is 0 Å². The molecular formula is C17H29Cl2N3O. The third-order valence-electron chi connectivity index (χ3n) is 4.30. The molecule has 23 heavy (non-hydrogen) atoms. The van der Waals surface area contributed by atoms with Gasteiger partial charge >= 0.3 is 0 Å². The Morgan fingerprint density at radius 2 is 1.78 bits per heavy atom. The monoisotopic (exact) mass is 361 g/mol. The summed E-state index contributed by atoms with van der Waals surface area (Å²) < 4.78 is 0. The van der Waals surface area contributed by atoms with Gasteiger partial charge in [0, 0.05) is 44.0 Å². The predicted molar refractivity (Wildman–Crippen MR) is 102 cm³/mol. The fourth-order valence-electron chi connectivity index (χ4n) is 2.88. The number of nitrogens with one attached hydrogen (secondary N) is 1. The standard InChI is InChI=1S/C17H27N3O.2ClH/c1-4-11-19(3)16-7-5-14(6-8-16)17(21)20-12-9-15(18-2)10-13-20;;/h5-8,15,18H,4,9-13H2,1-3H3;2*1H. The average Bonchev–Trinajstić information content (AvgIpc) is 2.54. The minimum absolute atomic E-state index is 0. The van der Waals surface area contributed by atoms with Crippen LogP contribution in [0.3, 0.4) is 0 Å². The summed E-state index contributed by atoms with van der Waals surface area (Å²) in [5.74, 6) is 0.161. The van der Waals surface area contributed by atoms with Crippen molar-refractivity contribution in [1.29, 1.82) is 0 Å². The zero-order valence-corrected chi connectivity index (χ0v) is 15.9. The second-order valence-corrected chi connectivity index (χ2v) is 5.82. The van der Waals surface area contributed by atoms with Gasteiger partial charge in [-0.05, 0) is 50.6 Å². The van der Waals surface area contributed by atoms with E-state index in [9.17, 15) is 4.79 Å². The van der Waals surface area contributed by atoms with Crippen molar-refractivity contribution in [2.24, 2.45) is 0 Å². The van der Waals surface area contributed by atoms with Crippen molar-refractivity contribution in [2.75, 3.05) is 38.6 Å². The molecule has 1 fully saturated rings. The van der Waals surface area contributed by atoms with Crippen LogP contribution in [-0.4, -0.2) is 50.6 Å². The number of hydrogen-bond donors (Lipinski definition) is 1. The van der Waals surface area contributed by atoms with Crippen molar-refractivity contribution in [3.63, 3.8) is 0 Å². The Bertz CT molecular complexity index is 459. The number of benzene rings is 1. The molecule has 1 amide bonds. The van der Waals surface area contributed by atoms with Gasteiger partial charge in [-0.15, -0.1) is 24.8 Å². The lowest BCUT2D eigenvalue weighted by Crippen LogP contribution is -2.43. The van der Waals surface area contributed by atoms with Crippen molar-refractivity contribution in [2.45, 2.75) is 32.2 Å². The third-order valence-corrected chi connectivity index (χ3v) is 4.30. The van der Waals surface area contributed by atoms with Gasteiger partial charge in [0.1, 0.15) is 0 Å². The van der Waals surface area contributed by atoms with Crippen LogP contribution in [0.5, 0.6) is 0 Å². The van der Waals surface area contributed by atoms with Crippen LogP contribution in [-0.2, 0) is 0 Å². The van der Waals surface area contributed by atoms with E-state index in [2.05, 4.69) is 24.2 Å². The number of anilines is 1. The summed E-state index contributed by atoms with van der Waals surface area (Å²) in [6, 6.07) is 8.55. The van der Waals surface area contributed by atoms with E-state index in [-0.39, 0.29) is 30.7 Å². The maximum absolute atomic E-state index is 12.5. The summed E-state index contributed by atoms with van der Waals surface area (Å²) in [5, 5.41) is 3.29. The molecule has 0 atom stereocenters. The van der Waals surface area contributed by atoms with Crippen LogP contribution in [0.4, 0.5) is 5.69 Å². The Balaban J connectivity index is 0.00000242. The number of carbonyl (C=O) groups excluding carboxylic acids is 1. The molecule has 0 bridgehead atoms. The van der Waals surface area contributed by atoms with Gasteiger partial charge in [-0.25, -0.2) is 0 Å². The van der Waals surface area contributed by atoms with Gasteiger partial charge in [-0.3, -0.25) is 4.79 Å². The number of likely N-dealkylation sites (tertiary alicyclic amines) is 1. The molecule has 132 valence electrons. The lowest BCUT2D eigenvalue weighted by molar-refractivity contribution is 0.0707. The van der Waals surface area contributed by atoms with Gasteiger partial charge in [0.15, 0.2) is 0 Å². The summed E-state index contributed by atoms with van der Waals surface area (Å²) in [6.45, 7) is 4.90. The first-order chi connectivity index (χ1) is 10.2. The Kier molecular flexibility index (Phi) is 10.3. The van der Waals surface area contributed by atoms with E-state index in [4.69, 9.17) is 0 Å². The van der Waals surface area contributed by atoms with Crippen molar-refractivity contribution < 1.29 is 4.79 Å². The lowest BCUT2D eigenvalue weighted by Gasteiger charge is -2.32. The van der Waals surface area contributed by atoms with Crippen molar-refractivity contribution >= 4 is 36.4 Å². The number of halogens is 2. The summed E-state index contributed by atoms with van der Waals surface area (Å²) in [5.41, 5.74) is 1.97. The van der Waals surface area contributed by atoms with Crippen molar-refractivity contribution in [3.8, 4) is 0 Å². The quantitative estimate of drug-likeness (QED) is 0.874. The Morgan fingerprint density at radius 1 is 1.22 bits per heavy atom. The molecule has 1 N–H and O–H groups in total. The summed E-state index contributed by atoms with van der Waals surface area (Å²) in [6.07, 6.45) is 3.21. The van der Waals surface area contributed by atoms with Gasteiger partial charge < -0.3 is 15.1 Å². The number of amides is 1. The normalized spacial score (nSPS) is 14.7. The minimum atomic E-state index is 0. The zero-order chi connectivity index (χ0) is 15.2.